The zero-order chi connectivity index (χ0) is 13.3. The van der Waals surface area contributed by atoms with Crippen LogP contribution in [0.4, 0.5) is 13.2 Å². The Labute approximate surface area is 108 Å². The summed E-state index contributed by atoms with van der Waals surface area (Å²) in [4.78, 5) is 4.14. The summed E-state index contributed by atoms with van der Waals surface area (Å²) in [6.07, 6.45) is -3.88. The SMILES string of the molecule is OC(Cc1cc2c(nc1Cl)CCCC2)C(F)(F)F. The molecule has 1 heterocycles. The highest BCUT2D eigenvalue weighted by atomic mass is 35.5. The van der Waals surface area contributed by atoms with Gasteiger partial charge in [0, 0.05) is 12.1 Å². The van der Waals surface area contributed by atoms with Crippen LogP contribution in [0.2, 0.25) is 5.15 Å². The number of aryl methyl sites for hydroxylation is 2. The summed E-state index contributed by atoms with van der Waals surface area (Å²) in [7, 11) is 0. The standard InChI is InChI=1S/C12H13ClF3NO/c13-11-8(6-10(18)12(14,15)16)5-7-3-1-2-4-9(7)17-11/h5,10,18H,1-4,6H2. The van der Waals surface area contributed by atoms with Crippen molar-refractivity contribution in [2.24, 2.45) is 0 Å². The fourth-order valence-electron chi connectivity index (χ4n) is 2.12. The first-order valence-corrected chi connectivity index (χ1v) is 6.17. The van der Waals surface area contributed by atoms with Gasteiger partial charge < -0.3 is 5.11 Å². The fraction of sp³-hybridized carbons (Fsp3) is 0.583. The molecule has 1 aromatic rings. The van der Waals surface area contributed by atoms with Crippen LogP contribution in [-0.4, -0.2) is 22.4 Å². The van der Waals surface area contributed by atoms with Gasteiger partial charge in [0.05, 0.1) is 0 Å². The van der Waals surface area contributed by atoms with Crippen LogP contribution in [0.5, 0.6) is 0 Å². The minimum atomic E-state index is -4.63. The van der Waals surface area contributed by atoms with Crippen LogP contribution in [0.3, 0.4) is 0 Å². The second kappa shape index (κ2) is 5.05. The molecule has 1 aromatic heterocycles. The van der Waals surface area contributed by atoms with E-state index in [9.17, 15) is 13.2 Å². The van der Waals surface area contributed by atoms with Gasteiger partial charge in [-0.3, -0.25) is 0 Å². The van der Waals surface area contributed by atoms with Crippen LogP contribution in [0, 0.1) is 0 Å². The first kappa shape index (κ1) is 13.6. The minimum absolute atomic E-state index is 0.0685. The Bertz CT molecular complexity index is 448. The van der Waals surface area contributed by atoms with Crippen LogP contribution in [0.15, 0.2) is 6.07 Å². The van der Waals surface area contributed by atoms with E-state index in [1.807, 2.05) is 0 Å². The van der Waals surface area contributed by atoms with Crippen molar-refractivity contribution in [3.8, 4) is 0 Å². The molecule has 0 aliphatic heterocycles. The van der Waals surface area contributed by atoms with Crippen molar-refractivity contribution < 1.29 is 18.3 Å². The lowest BCUT2D eigenvalue weighted by atomic mass is 9.94. The number of hydrogen-bond acceptors (Lipinski definition) is 2. The van der Waals surface area contributed by atoms with Crippen LogP contribution in [0.25, 0.3) is 0 Å². The topological polar surface area (TPSA) is 33.1 Å². The molecule has 6 heteroatoms. The van der Waals surface area contributed by atoms with Gasteiger partial charge in [-0.25, -0.2) is 4.98 Å². The van der Waals surface area contributed by atoms with Crippen molar-refractivity contribution in [3.63, 3.8) is 0 Å². The maximum absolute atomic E-state index is 12.3. The molecule has 1 atom stereocenters. The number of rotatable bonds is 2. The van der Waals surface area contributed by atoms with E-state index in [1.165, 1.54) is 0 Å². The average molecular weight is 280 g/mol. The van der Waals surface area contributed by atoms with Crippen LogP contribution in [0.1, 0.15) is 29.7 Å². The number of alkyl halides is 3. The summed E-state index contributed by atoms with van der Waals surface area (Å²) in [5.74, 6) is 0. The van der Waals surface area contributed by atoms with Gasteiger partial charge in [-0.05, 0) is 36.8 Å². The molecule has 0 amide bonds. The Morgan fingerprint density at radius 1 is 1.33 bits per heavy atom. The number of aliphatic hydroxyl groups is 1. The molecule has 1 aliphatic rings. The Morgan fingerprint density at radius 2 is 2.00 bits per heavy atom. The quantitative estimate of drug-likeness (QED) is 0.844. The lowest BCUT2D eigenvalue weighted by molar-refractivity contribution is -0.203. The number of aliphatic hydroxyl groups excluding tert-OH is 1. The minimum Gasteiger partial charge on any atom is -0.383 e. The van der Waals surface area contributed by atoms with E-state index in [-0.39, 0.29) is 10.7 Å². The molecule has 1 unspecified atom stereocenters. The van der Waals surface area contributed by atoms with Gasteiger partial charge in [0.2, 0.25) is 0 Å². The third kappa shape index (κ3) is 2.95. The number of nitrogens with zero attached hydrogens (tertiary/aromatic N) is 1. The third-order valence-electron chi connectivity index (χ3n) is 3.12. The second-order valence-corrected chi connectivity index (χ2v) is 4.87. The molecule has 1 N–H and O–H groups in total. The molecule has 100 valence electrons. The molecular formula is C12H13ClF3NO. The number of fused-ring (bicyclic) bond motifs is 1. The molecule has 0 saturated carbocycles. The van der Waals surface area contributed by atoms with Crippen molar-refractivity contribution in [2.75, 3.05) is 0 Å². The molecule has 0 spiro atoms. The zero-order valence-electron chi connectivity index (χ0n) is 9.60. The van der Waals surface area contributed by atoms with E-state index >= 15 is 0 Å². The molecular weight excluding hydrogens is 267 g/mol. The summed E-state index contributed by atoms with van der Waals surface area (Å²) in [6, 6.07) is 1.65. The summed E-state index contributed by atoms with van der Waals surface area (Å²) in [5.41, 5.74) is 2.09. The van der Waals surface area contributed by atoms with Crippen molar-refractivity contribution in [1.29, 1.82) is 0 Å². The lowest BCUT2D eigenvalue weighted by Crippen LogP contribution is -2.30. The Kier molecular flexibility index (Phi) is 3.82. The Hall–Kier alpha value is -0.810. The predicted octanol–water partition coefficient (Wildman–Crippen LogP) is 3.08. The number of halogens is 4. The molecule has 0 fully saturated rings. The first-order valence-electron chi connectivity index (χ1n) is 5.80. The summed E-state index contributed by atoms with van der Waals surface area (Å²) in [6.45, 7) is 0. The van der Waals surface area contributed by atoms with Gasteiger partial charge in [-0.1, -0.05) is 17.7 Å². The van der Waals surface area contributed by atoms with Crippen molar-refractivity contribution in [2.45, 2.75) is 44.4 Å². The summed E-state index contributed by atoms with van der Waals surface area (Å²) in [5, 5.41) is 9.12. The van der Waals surface area contributed by atoms with Gasteiger partial charge in [0.25, 0.3) is 0 Å². The molecule has 1 aliphatic carbocycles. The van der Waals surface area contributed by atoms with Gasteiger partial charge >= 0.3 is 6.18 Å². The highest BCUT2D eigenvalue weighted by Crippen LogP contribution is 2.28. The summed E-state index contributed by atoms with van der Waals surface area (Å²) < 4.78 is 36.9. The van der Waals surface area contributed by atoms with Crippen LogP contribution in [-0.2, 0) is 19.3 Å². The molecule has 0 bridgehead atoms. The third-order valence-corrected chi connectivity index (χ3v) is 3.45. The molecule has 0 radical (unpaired) electrons. The molecule has 0 saturated heterocycles. The zero-order valence-corrected chi connectivity index (χ0v) is 10.4. The van der Waals surface area contributed by atoms with Gasteiger partial charge in [0.1, 0.15) is 5.15 Å². The van der Waals surface area contributed by atoms with Gasteiger partial charge in [-0.2, -0.15) is 13.2 Å². The van der Waals surface area contributed by atoms with E-state index in [4.69, 9.17) is 16.7 Å². The number of hydrogen-bond donors (Lipinski definition) is 1. The largest absolute Gasteiger partial charge is 0.414 e. The molecule has 0 aromatic carbocycles. The van der Waals surface area contributed by atoms with Crippen molar-refractivity contribution in [1.82, 2.24) is 4.98 Å². The van der Waals surface area contributed by atoms with Gasteiger partial charge in [-0.15, -0.1) is 0 Å². The van der Waals surface area contributed by atoms with Crippen LogP contribution >= 0.6 is 11.6 Å². The Morgan fingerprint density at radius 3 is 2.67 bits per heavy atom. The molecule has 18 heavy (non-hydrogen) atoms. The van der Waals surface area contributed by atoms with E-state index < -0.39 is 18.7 Å². The van der Waals surface area contributed by atoms with E-state index in [0.29, 0.717) is 0 Å². The average Bonchev–Trinajstić information content (AvgIpc) is 2.28. The number of aromatic nitrogens is 1. The predicted molar refractivity (Wildman–Crippen MR) is 61.7 cm³/mol. The maximum atomic E-state index is 12.3. The monoisotopic (exact) mass is 279 g/mol. The van der Waals surface area contributed by atoms with E-state index in [2.05, 4.69) is 4.98 Å². The highest BCUT2D eigenvalue weighted by Gasteiger charge is 2.38. The number of pyridine rings is 1. The van der Waals surface area contributed by atoms with Crippen LogP contribution < -0.4 is 0 Å². The molecule has 2 nitrogen and oxygen atoms in total. The normalized spacial score (nSPS) is 17.4. The smallest absolute Gasteiger partial charge is 0.383 e. The Balaban J connectivity index is 2.23. The maximum Gasteiger partial charge on any atom is 0.414 e. The molecule has 2 rings (SSSR count). The van der Waals surface area contributed by atoms with E-state index in [1.54, 1.807) is 6.07 Å². The first-order chi connectivity index (χ1) is 8.38. The van der Waals surface area contributed by atoms with Crippen molar-refractivity contribution >= 4 is 11.6 Å². The summed E-state index contributed by atoms with van der Waals surface area (Å²) >= 11 is 5.87. The second-order valence-electron chi connectivity index (χ2n) is 4.51. The fourth-order valence-corrected chi connectivity index (χ4v) is 2.36. The van der Waals surface area contributed by atoms with E-state index in [0.717, 1.165) is 36.9 Å². The lowest BCUT2D eigenvalue weighted by Gasteiger charge is -2.19. The van der Waals surface area contributed by atoms with Crippen molar-refractivity contribution in [3.05, 3.63) is 28.0 Å². The van der Waals surface area contributed by atoms with Gasteiger partial charge in [0.15, 0.2) is 6.10 Å². The highest BCUT2D eigenvalue weighted by molar-refractivity contribution is 6.30.